The monoisotopic (exact) mass is 202 g/mol. The fraction of sp³-hybridized carbons (Fsp3) is 0. The van der Waals surface area contributed by atoms with E-state index in [1.165, 1.54) is 12.1 Å². The minimum Gasteiger partial charge on any atom is -0.399 e. The molecule has 0 saturated heterocycles. The zero-order chi connectivity index (χ0) is 10.7. The van der Waals surface area contributed by atoms with Crippen LogP contribution in [-0.2, 0) is 0 Å². The van der Waals surface area contributed by atoms with Crippen LogP contribution in [0.3, 0.4) is 0 Å². The summed E-state index contributed by atoms with van der Waals surface area (Å²) in [5.74, 6) is -0.260. The zero-order valence-corrected chi connectivity index (χ0v) is 8.07. The van der Waals surface area contributed by atoms with Crippen LogP contribution in [0.5, 0.6) is 0 Å². The van der Waals surface area contributed by atoms with Gasteiger partial charge < -0.3 is 11.1 Å². The van der Waals surface area contributed by atoms with Crippen molar-refractivity contribution in [2.75, 3.05) is 11.1 Å². The van der Waals surface area contributed by atoms with Crippen molar-refractivity contribution in [2.45, 2.75) is 0 Å². The summed E-state index contributed by atoms with van der Waals surface area (Å²) in [5.41, 5.74) is 7.86. The Kier molecular flexibility index (Phi) is 2.54. The van der Waals surface area contributed by atoms with Gasteiger partial charge in [-0.3, -0.25) is 0 Å². The van der Waals surface area contributed by atoms with Crippen molar-refractivity contribution in [2.24, 2.45) is 0 Å². The Hall–Kier alpha value is -2.03. The summed E-state index contributed by atoms with van der Waals surface area (Å²) in [6.07, 6.45) is 0. The van der Waals surface area contributed by atoms with Crippen LogP contribution in [0.4, 0.5) is 21.5 Å². The molecule has 0 aliphatic carbocycles. The molecule has 0 radical (unpaired) electrons. The second-order valence-electron chi connectivity index (χ2n) is 3.26. The van der Waals surface area contributed by atoms with Gasteiger partial charge in [-0.25, -0.2) is 4.39 Å². The van der Waals surface area contributed by atoms with E-state index in [9.17, 15) is 4.39 Å². The van der Waals surface area contributed by atoms with E-state index < -0.39 is 0 Å². The van der Waals surface area contributed by atoms with Crippen molar-refractivity contribution in [1.82, 2.24) is 0 Å². The molecule has 2 nitrogen and oxygen atoms in total. The lowest BCUT2D eigenvalue weighted by atomic mass is 10.2. The highest BCUT2D eigenvalue weighted by atomic mass is 19.1. The first kappa shape index (κ1) is 9.52. The minimum atomic E-state index is -0.260. The fourth-order valence-corrected chi connectivity index (χ4v) is 1.35. The third-order valence-corrected chi connectivity index (χ3v) is 2.00. The Morgan fingerprint density at radius 1 is 0.933 bits per heavy atom. The van der Waals surface area contributed by atoms with Crippen molar-refractivity contribution in [3.8, 4) is 0 Å². The largest absolute Gasteiger partial charge is 0.399 e. The lowest BCUT2D eigenvalue weighted by Gasteiger charge is -2.06. The molecule has 2 rings (SSSR count). The molecule has 0 aromatic heterocycles. The van der Waals surface area contributed by atoms with Crippen molar-refractivity contribution < 1.29 is 4.39 Å². The SMILES string of the molecule is Nc1cccc(Nc2cccc(F)c2)c1. The van der Waals surface area contributed by atoms with E-state index >= 15 is 0 Å². The number of hydrogen-bond donors (Lipinski definition) is 2. The summed E-state index contributed by atoms with van der Waals surface area (Å²) in [7, 11) is 0. The molecule has 76 valence electrons. The number of nitrogen functional groups attached to an aromatic ring is 1. The maximum absolute atomic E-state index is 12.9. The smallest absolute Gasteiger partial charge is 0.125 e. The first-order valence-electron chi connectivity index (χ1n) is 4.62. The molecule has 0 unspecified atom stereocenters. The van der Waals surface area contributed by atoms with Crippen LogP contribution in [0, 0.1) is 5.82 Å². The highest BCUT2D eigenvalue weighted by Crippen LogP contribution is 2.18. The lowest BCUT2D eigenvalue weighted by molar-refractivity contribution is 0.628. The molecular weight excluding hydrogens is 191 g/mol. The van der Waals surface area contributed by atoms with E-state index in [1.807, 2.05) is 12.1 Å². The van der Waals surface area contributed by atoms with E-state index in [2.05, 4.69) is 5.32 Å². The van der Waals surface area contributed by atoms with Gasteiger partial charge in [0, 0.05) is 17.1 Å². The Labute approximate surface area is 87.5 Å². The van der Waals surface area contributed by atoms with E-state index in [-0.39, 0.29) is 5.82 Å². The molecule has 3 N–H and O–H groups in total. The standard InChI is InChI=1S/C12H11FN2/c13-9-3-1-5-11(7-9)15-12-6-2-4-10(14)8-12/h1-8,15H,14H2. The van der Waals surface area contributed by atoms with Gasteiger partial charge in [-0.2, -0.15) is 0 Å². The zero-order valence-electron chi connectivity index (χ0n) is 8.07. The Bertz CT molecular complexity index is 425. The molecule has 3 heteroatoms. The van der Waals surface area contributed by atoms with Gasteiger partial charge in [0.2, 0.25) is 0 Å². The first-order valence-corrected chi connectivity index (χ1v) is 4.62. The van der Waals surface area contributed by atoms with Crippen molar-refractivity contribution in [3.63, 3.8) is 0 Å². The van der Waals surface area contributed by atoms with Crippen molar-refractivity contribution in [3.05, 3.63) is 54.3 Å². The molecule has 0 saturated carbocycles. The Balaban J connectivity index is 2.22. The number of nitrogens with one attached hydrogen (secondary N) is 1. The van der Waals surface area contributed by atoms with Crippen LogP contribution in [0.2, 0.25) is 0 Å². The van der Waals surface area contributed by atoms with E-state index in [0.717, 1.165) is 5.69 Å². The van der Waals surface area contributed by atoms with Gasteiger partial charge in [-0.15, -0.1) is 0 Å². The van der Waals surface area contributed by atoms with Gasteiger partial charge in [-0.05, 0) is 36.4 Å². The second kappa shape index (κ2) is 4.00. The molecule has 0 amide bonds. The van der Waals surface area contributed by atoms with Crippen molar-refractivity contribution >= 4 is 17.1 Å². The average Bonchev–Trinajstić information content (AvgIpc) is 2.17. The maximum Gasteiger partial charge on any atom is 0.125 e. The van der Waals surface area contributed by atoms with Gasteiger partial charge in [0.25, 0.3) is 0 Å². The fourth-order valence-electron chi connectivity index (χ4n) is 1.35. The van der Waals surface area contributed by atoms with Gasteiger partial charge in [-0.1, -0.05) is 12.1 Å². The summed E-state index contributed by atoms with van der Waals surface area (Å²) >= 11 is 0. The minimum absolute atomic E-state index is 0.260. The third kappa shape index (κ3) is 2.47. The summed E-state index contributed by atoms with van der Waals surface area (Å²) in [5, 5.41) is 3.07. The van der Waals surface area contributed by atoms with E-state index in [0.29, 0.717) is 11.4 Å². The number of nitrogens with two attached hydrogens (primary N) is 1. The molecule has 0 atom stereocenters. The molecule has 0 fully saturated rings. The predicted octanol–water partition coefficient (Wildman–Crippen LogP) is 3.15. The first-order chi connectivity index (χ1) is 7.24. The number of halogens is 1. The van der Waals surface area contributed by atoms with Crippen LogP contribution < -0.4 is 11.1 Å². The average molecular weight is 202 g/mol. The summed E-state index contributed by atoms with van der Waals surface area (Å²) in [6, 6.07) is 13.6. The summed E-state index contributed by atoms with van der Waals surface area (Å²) in [4.78, 5) is 0. The number of rotatable bonds is 2. The predicted molar refractivity (Wildman–Crippen MR) is 60.5 cm³/mol. The van der Waals surface area contributed by atoms with Crippen LogP contribution in [0.25, 0.3) is 0 Å². The van der Waals surface area contributed by atoms with Crippen molar-refractivity contribution in [1.29, 1.82) is 0 Å². The maximum atomic E-state index is 12.9. The summed E-state index contributed by atoms with van der Waals surface area (Å²) < 4.78 is 12.9. The number of anilines is 3. The van der Waals surface area contributed by atoms with E-state index in [4.69, 9.17) is 5.73 Å². The quantitative estimate of drug-likeness (QED) is 0.734. The Morgan fingerprint density at radius 3 is 2.27 bits per heavy atom. The second-order valence-corrected chi connectivity index (χ2v) is 3.26. The molecule has 0 bridgehead atoms. The van der Waals surface area contributed by atoms with Crippen LogP contribution in [0.15, 0.2) is 48.5 Å². The highest BCUT2D eigenvalue weighted by molar-refractivity contribution is 5.63. The lowest BCUT2D eigenvalue weighted by Crippen LogP contribution is -1.92. The molecule has 0 heterocycles. The molecule has 0 aliphatic heterocycles. The molecule has 0 aliphatic rings. The molecular formula is C12H11FN2. The molecule has 2 aromatic rings. The normalized spacial score (nSPS) is 9.93. The van der Waals surface area contributed by atoms with Crippen LogP contribution in [0.1, 0.15) is 0 Å². The van der Waals surface area contributed by atoms with E-state index in [1.54, 1.807) is 24.3 Å². The number of benzene rings is 2. The Morgan fingerprint density at radius 2 is 1.60 bits per heavy atom. The van der Waals surface area contributed by atoms with Gasteiger partial charge >= 0.3 is 0 Å². The van der Waals surface area contributed by atoms with Gasteiger partial charge in [0.05, 0.1) is 0 Å². The topological polar surface area (TPSA) is 38.0 Å². The number of hydrogen-bond acceptors (Lipinski definition) is 2. The summed E-state index contributed by atoms with van der Waals surface area (Å²) in [6.45, 7) is 0. The highest BCUT2D eigenvalue weighted by Gasteiger charge is 1.96. The van der Waals surface area contributed by atoms with Crippen LogP contribution in [-0.4, -0.2) is 0 Å². The van der Waals surface area contributed by atoms with Crippen LogP contribution >= 0.6 is 0 Å². The molecule has 15 heavy (non-hydrogen) atoms. The molecule has 0 spiro atoms. The van der Waals surface area contributed by atoms with Gasteiger partial charge in [0.15, 0.2) is 0 Å². The van der Waals surface area contributed by atoms with Gasteiger partial charge in [0.1, 0.15) is 5.82 Å². The third-order valence-electron chi connectivity index (χ3n) is 2.00. The molecule has 2 aromatic carbocycles.